The van der Waals surface area contributed by atoms with Crippen molar-refractivity contribution in [1.29, 1.82) is 0 Å². The third-order valence-electron chi connectivity index (χ3n) is 16.0. The quantitative estimate of drug-likeness (QED) is 0.0340. The van der Waals surface area contributed by atoms with Crippen molar-refractivity contribution in [2.45, 2.75) is 203 Å². The normalized spacial score (nSPS) is 17.8. The van der Waals surface area contributed by atoms with Gasteiger partial charge in [0.25, 0.3) is 0 Å². The van der Waals surface area contributed by atoms with E-state index >= 15 is 0 Å². The van der Waals surface area contributed by atoms with E-state index in [1.807, 2.05) is 130 Å². The number of alkyl carbamates (subject to hydrolysis) is 1. The number of ether oxygens (including phenoxy) is 3. The summed E-state index contributed by atoms with van der Waals surface area (Å²) in [4.78, 5) is 115. The molecule has 1 aliphatic rings. The molecule has 0 aromatic heterocycles. The van der Waals surface area contributed by atoms with E-state index in [2.05, 4.69) is 40.4 Å². The third-order valence-corrected chi connectivity index (χ3v) is 16.0. The molecule has 2 rings (SSSR count). The van der Waals surface area contributed by atoms with Crippen LogP contribution >= 0.6 is 0 Å². The number of amides is 7. The molecule has 12 atom stereocenters. The van der Waals surface area contributed by atoms with Gasteiger partial charge >= 0.3 is 6.09 Å². The Morgan fingerprint density at radius 3 is 1.99 bits per heavy atom. The first kappa shape index (κ1) is 71.9. The highest BCUT2D eigenvalue weighted by atomic mass is 16.7. The molecular weight excluding hydrogens is 1040 g/mol. The summed E-state index contributed by atoms with van der Waals surface area (Å²) in [6.07, 6.45) is 2.08. The number of nitrogens with zero attached hydrogens (tertiary/aromatic N) is 3. The molecule has 0 radical (unpaired) electrons. The molecule has 0 spiro atoms. The monoisotopic (exact) mass is 1140 g/mol. The van der Waals surface area contributed by atoms with E-state index in [4.69, 9.17) is 14.2 Å². The number of benzene rings is 1. The highest BCUT2D eigenvalue weighted by molar-refractivity contribution is 5.91. The fourth-order valence-corrected chi connectivity index (χ4v) is 10.9. The molecule has 462 valence electrons. The Morgan fingerprint density at radius 1 is 0.778 bits per heavy atom. The lowest BCUT2D eigenvalue weighted by Crippen LogP contribution is -2.58. The van der Waals surface area contributed by atoms with E-state index in [0.29, 0.717) is 25.8 Å². The van der Waals surface area contributed by atoms with Gasteiger partial charge in [-0.1, -0.05) is 127 Å². The van der Waals surface area contributed by atoms with Gasteiger partial charge in [-0.05, 0) is 86.8 Å². The van der Waals surface area contributed by atoms with Gasteiger partial charge in [-0.15, -0.1) is 0 Å². The molecular formula is C61H106N8O12. The second-order valence-electron chi connectivity index (χ2n) is 24.5. The zero-order valence-corrected chi connectivity index (χ0v) is 52.4. The minimum atomic E-state index is -0.901. The molecule has 0 bridgehead atoms. The first-order valence-corrected chi connectivity index (χ1v) is 29.7. The van der Waals surface area contributed by atoms with E-state index in [-0.39, 0.29) is 129 Å². The number of methoxy groups -OCH3 is 1. The molecule has 1 aromatic rings. The molecule has 81 heavy (non-hydrogen) atoms. The Kier molecular flexibility index (Phi) is 31.7. The third kappa shape index (κ3) is 23.5. The first-order valence-electron chi connectivity index (χ1n) is 29.7. The molecule has 1 fully saturated rings. The van der Waals surface area contributed by atoms with Crippen molar-refractivity contribution in [3.63, 3.8) is 0 Å². The van der Waals surface area contributed by atoms with Gasteiger partial charge in [-0.25, -0.2) is 4.79 Å². The van der Waals surface area contributed by atoms with Crippen LogP contribution in [0.4, 0.5) is 4.79 Å². The summed E-state index contributed by atoms with van der Waals surface area (Å²) in [6.45, 7) is 25.5. The SMILES string of the molecule is CCC(CO)OC(COC(=O)NCCC(=O)N[C@@H](C(=O)CCCCNC(=O)[C@@H](Cc1ccccc1)NC(=O)C(C)[C@H](C)[C@H]1CCCN1C(=O)C[C@H](C)[C@@H]([C@H](C)CC)N(C)C(=O)[C@H](NC(=O)[C@@H](C(C)C)N(C)C)C(C)C)C(C)(C)C)OC. The lowest BCUT2D eigenvalue weighted by molar-refractivity contribution is -0.181. The number of aliphatic hydroxyl groups excluding tert-OH is 1. The maximum Gasteiger partial charge on any atom is 0.407 e. The molecule has 0 saturated carbocycles. The number of likely N-dealkylation sites (N-methyl/N-ethyl adjacent to an activating group) is 2. The number of aliphatic hydroxyl groups is 1. The Balaban J connectivity index is 2.07. The summed E-state index contributed by atoms with van der Waals surface area (Å²) in [5, 5.41) is 23.8. The highest BCUT2D eigenvalue weighted by Crippen LogP contribution is 2.32. The molecule has 20 nitrogen and oxygen atoms in total. The number of ketones is 1. The van der Waals surface area contributed by atoms with Crippen LogP contribution in [0.1, 0.15) is 153 Å². The average molecular weight is 1140 g/mol. The van der Waals surface area contributed by atoms with Crippen LogP contribution in [0.2, 0.25) is 0 Å². The molecule has 7 amide bonds. The minimum absolute atomic E-state index is 0.0325. The molecule has 1 aromatic carbocycles. The van der Waals surface area contributed by atoms with Crippen LogP contribution in [0.3, 0.4) is 0 Å². The fraction of sp³-hybridized carbons (Fsp3) is 0.770. The van der Waals surface area contributed by atoms with E-state index in [0.717, 1.165) is 24.8 Å². The maximum absolute atomic E-state index is 14.4. The van der Waals surface area contributed by atoms with Crippen molar-refractivity contribution >= 4 is 47.3 Å². The van der Waals surface area contributed by atoms with E-state index in [9.17, 15) is 43.5 Å². The Labute approximate surface area is 485 Å². The number of Topliss-reactive ketones (excluding diaryl/α,β-unsaturated/α-hetero) is 1. The highest BCUT2D eigenvalue weighted by Gasteiger charge is 2.41. The summed E-state index contributed by atoms with van der Waals surface area (Å²) in [5.74, 6) is -2.77. The zero-order chi connectivity index (χ0) is 61.3. The number of hydrogen-bond donors (Lipinski definition) is 6. The number of carbonyl (C=O) groups is 8. The van der Waals surface area contributed by atoms with E-state index in [1.54, 1.807) is 11.9 Å². The van der Waals surface area contributed by atoms with Gasteiger partial charge in [-0.3, -0.25) is 38.5 Å². The van der Waals surface area contributed by atoms with Gasteiger partial charge in [0, 0.05) is 77.5 Å². The predicted molar refractivity (Wildman–Crippen MR) is 314 cm³/mol. The van der Waals surface area contributed by atoms with Gasteiger partial charge < -0.3 is 55.7 Å². The molecule has 6 N–H and O–H groups in total. The molecule has 1 heterocycles. The van der Waals surface area contributed by atoms with Gasteiger partial charge in [0.2, 0.25) is 35.4 Å². The van der Waals surface area contributed by atoms with E-state index in [1.165, 1.54) is 7.11 Å². The standard InChI is InChI=1S/C61H106N8O12/c1-18-40(7)54(68(16)59(77)52(38(3)4)66-58(76)53(39(5)6)67(14)15)41(8)34-50(73)69-33-25-28-47(69)42(9)43(10)56(74)64-46(35-44-26-21-20-22-27-44)57(75)62-31-24-23-29-48(71)55(61(11,12)13)65-49(72)30-32-63-60(78)80-37-51(79-17)81-45(19-2)36-70/h20-22,26-27,38-43,45-47,51-55,70H,18-19,23-25,28-37H2,1-17H3,(H,62,75)(H,63,78)(H,64,74)(H,65,72)(H,66,76)/t40-,41+,42+,43?,45?,46-,47-,51?,52-,53-,54-,55+/m1/s1. The number of hydrogen-bond acceptors (Lipinski definition) is 13. The zero-order valence-electron chi connectivity index (χ0n) is 52.4. The largest absolute Gasteiger partial charge is 0.444 e. The van der Waals surface area contributed by atoms with E-state index < -0.39 is 59.9 Å². The Morgan fingerprint density at radius 2 is 1.43 bits per heavy atom. The lowest BCUT2D eigenvalue weighted by Gasteiger charge is -2.40. The predicted octanol–water partition coefficient (Wildman–Crippen LogP) is 5.87. The van der Waals surface area contributed by atoms with Crippen molar-refractivity contribution < 1.29 is 57.7 Å². The van der Waals surface area contributed by atoms with Gasteiger partial charge in [0.1, 0.15) is 18.7 Å². The van der Waals surface area contributed by atoms with Crippen molar-refractivity contribution in [2.24, 2.45) is 40.9 Å². The van der Waals surface area contributed by atoms with Gasteiger partial charge in [0.15, 0.2) is 12.1 Å². The van der Waals surface area contributed by atoms with Crippen LogP contribution in [0.15, 0.2) is 30.3 Å². The number of carbonyl (C=O) groups excluding carboxylic acids is 8. The van der Waals surface area contributed by atoms with Crippen LogP contribution in [0, 0.1) is 40.9 Å². The Hall–Kier alpha value is -5.18. The topological polar surface area (TPSA) is 254 Å². The smallest absolute Gasteiger partial charge is 0.407 e. The summed E-state index contributed by atoms with van der Waals surface area (Å²) in [7, 11) is 6.89. The van der Waals surface area contributed by atoms with Gasteiger partial charge in [0.05, 0.1) is 24.8 Å². The average Bonchev–Trinajstić information content (AvgIpc) is 3.92. The molecule has 20 heteroatoms. The fourth-order valence-electron chi connectivity index (χ4n) is 10.9. The minimum Gasteiger partial charge on any atom is -0.444 e. The van der Waals surface area contributed by atoms with Crippen LogP contribution in [0.25, 0.3) is 0 Å². The van der Waals surface area contributed by atoms with Crippen LogP contribution in [0.5, 0.6) is 0 Å². The molecule has 0 aliphatic carbocycles. The first-order chi connectivity index (χ1) is 38.0. The van der Waals surface area contributed by atoms with Gasteiger partial charge in [-0.2, -0.15) is 0 Å². The molecule has 3 unspecified atom stereocenters. The summed E-state index contributed by atoms with van der Waals surface area (Å²) < 4.78 is 15.8. The number of unbranched alkanes of at least 4 members (excludes halogenated alkanes) is 1. The number of likely N-dealkylation sites (tertiary alicyclic amines) is 1. The second-order valence-corrected chi connectivity index (χ2v) is 24.5. The second kappa shape index (κ2) is 35.7. The Bertz CT molecular complexity index is 2110. The van der Waals surface area contributed by atoms with Crippen LogP contribution in [-0.2, 0) is 54.2 Å². The van der Waals surface area contributed by atoms with Crippen LogP contribution < -0.4 is 26.6 Å². The maximum atomic E-state index is 14.4. The summed E-state index contributed by atoms with van der Waals surface area (Å²) in [5.41, 5.74) is 0.245. The lowest BCUT2D eigenvalue weighted by atomic mass is 9.82. The molecule has 1 aliphatic heterocycles. The number of rotatable bonds is 36. The van der Waals surface area contributed by atoms with Crippen molar-refractivity contribution in [3.05, 3.63) is 35.9 Å². The van der Waals surface area contributed by atoms with Crippen molar-refractivity contribution in [2.75, 3.05) is 61.1 Å². The van der Waals surface area contributed by atoms with Crippen LogP contribution in [-0.4, -0.2) is 177 Å². The molecule has 1 saturated heterocycles. The van der Waals surface area contributed by atoms with Crippen molar-refractivity contribution in [3.8, 4) is 0 Å². The number of nitrogens with one attached hydrogen (secondary N) is 5. The van der Waals surface area contributed by atoms with Crippen molar-refractivity contribution in [1.82, 2.24) is 41.3 Å². The summed E-state index contributed by atoms with van der Waals surface area (Å²) in [6, 6.07) is 6.08. The summed E-state index contributed by atoms with van der Waals surface area (Å²) >= 11 is 0.